The molecular weight excluding hydrogens is 222 g/mol. The Morgan fingerprint density at radius 3 is 2.93 bits per heavy atom. The standard InChI is InChI=1S/C6H9N5O3S/c1-7-4(12)3-15-6-8-9-10-11(6)2-5(13)14/h2-3H2,1H3,(H,7,12)(H,13,14). The Morgan fingerprint density at radius 2 is 2.33 bits per heavy atom. The summed E-state index contributed by atoms with van der Waals surface area (Å²) in [5.74, 6) is -1.06. The van der Waals surface area contributed by atoms with Crippen LogP contribution < -0.4 is 5.32 Å². The Kier molecular flexibility index (Phi) is 4.03. The number of carbonyl (C=O) groups excluding carboxylic acids is 1. The fourth-order valence-corrected chi connectivity index (χ4v) is 1.48. The minimum Gasteiger partial charge on any atom is -0.480 e. The molecule has 0 aliphatic carbocycles. The minimum atomic E-state index is -1.04. The molecule has 15 heavy (non-hydrogen) atoms. The van der Waals surface area contributed by atoms with E-state index in [1.165, 1.54) is 7.05 Å². The van der Waals surface area contributed by atoms with Crippen LogP contribution in [0.3, 0.4) is 0 Å². The lowest BCUT2D eigenvalue weighted by molar-refractivity contribution is -0.138. The summed E-state index contributed by atoms with van der Waals surface area (Å²) >= 11 is 1.08. The highest BCUT2D eigenvalue weighted by Crippen LogP contribution is 2.12. The zero-order valence-electron chi connectivity index (χ0n) is 7.88. The molecule has 1 heterocycles. The van der Waals surface area contributed by atoms with Crippen molar-refractivity contribution in [2.75, 3.05) is 12.8 Å². The van der Waals surface area contributed by atoms with Crippen LogP contribution in [0.2, 0.25) is 0 Å². The lowest BCUT2D eigenvalue weighted by atomic mass is 10.7. The number of carbonyl (C=O) groups is 2. The van der Waals surface area contributed by atoms with E-state index in [1.54, 1.807) is 0 Å². The van der Waals surface area contributed by atoms with Crippen LogP contribution in [0.15, 0.2) is 5.16 Å². The van der Waals surface area contributed by atoms with E-state index in [0.717, 1.165) is 16.4 Å². The summed E-state index contributed by atoms with van der Waals surface area (Å²) in [6, 6.07) is 0. The number of thioether (sulfide) groups is 1. The Balaban J connectivity index is 2.57. The number of aliphatic carboxylic acids is 1. The zero-order valence-corrected chi connectivity index (χ0v) is 8.69. The molecule has 8 nitrogen and oxygen atoms in total. The Morgan fingerprint density at radius 1 is 1.60 bits per heavy atom. The van der Waals surface area contributed by atoms with Crippen LogP contribution in [-0.4, -0.2) is 50.0 Å². The first kappa shape index (κ1) is 11.4. The van der Waals surface area contributed by atoms with Crippen molar-refractivity contribution in [1.82, 2.24) is 25.5 Å². The number of carboxylic acid groups (broad SMARTS) is 1. The largest absolute Gasteiger partial charge is 0.480 e. The monoisotopic (exact) mass is 231 g/mol. The van der Waals surface area contributed by atoms with Crippen molar-refractivity contribution in [3.05, 3.63) is 0 Å². The summed E-state index contributed by atoms with van der Waals surface area (Å²) in [6.07, 6.45) is 0. The van der Waals surface area contributed by atoms with Gasteiger partial charge < -0.3 is 10.4 Å². The molecule has 0 aliphatic rings. The fraction of sp³-hybridized carbons (Fsp3) is 0.500. The molecule has 0 saturated carbocycles. The van der Waals surface area contributed by atoms with Gasteiger partial charge in [-0.25, -0.2) is 4.68 Å². The van der Waals surface area contributed by atoms with E-state index in [9.17, 15) is 9.59 Å². The van der Waals surface area contributed by atoms with Crippen LogP contribution in [0.1, 0.15) is 0 Å². The van der Waals surface area contributed by atoms with Gasteiger partial charge in [0, 0.05) is 7.05 Å². The van der Waals surface area contributed by atoms with Crippen molar-refractivity contribution in [2.24, 2.45) is 0 Å². The number of tetrazole rings is 1. The van der Waals surface area contributed by atoms with E-state index in [1.807, 2.05) is 0 Å². The number of hydrogen-bond donors (Lipinski definition) is 2. The number of nitrogens with one attached hydrogen (secondary N) is 1. The molecule has 1 rings (SSSR count). The Bertz CT molecular complexity index is 365. The van der Waals surface area contributed by atoms with Gasteiger partial charge in [-0.15, -0.1) is 5.10 Å². The van der Waals surface area contributed by atoms with Gasteiger partial charge in [-0.05, 0) is 10.4 Å². The van der Waals surface area contributed by atoms with Crippen molar-refractivity contribution in [1.29, 1.82) is 0 Å². The van der Waals surface area contributed by atoms with E-state index in [0.29, 0.717) is 5.16 Å². The van der Waals surface area contributed by atoms with Crippen LogP contribution >= 0.6 is 11.8 Å². The molecule has 0 bridgehead atoms. The maximum Gasteiger partial charge on any atom is 0.325 e. The van der Waals surface area contributed by atoms with Crippen molar-refractivity contribution < 1.29 is 14.7 Å². The van der Waals surface area contributed by atoms with Gasteiger partial charge in [-0.2, -0.15) is 0 Å². The van der Waals surface area contributed by atoms with Gasteiger partial charge in [0.15, 0.2) is 0 Å². The summed E-state index contributed by atoms with van der Waals surface area (Å²) in [6.45, 7) is -0.316. The molecule has 0 spiro atoms. The van der Waals surface area contributed by atoms with Crippen LogP contribution in [-0.2, 0) is 16.1 Å². The molecule has 0 atom stereocenters. The lowest BCUT2D eigenvalue weighted by Crippen LogP contribution is -2.20. The van der Waals surface area contributed by atoms with Crippen molar-refractivity contribution >= 4 is 23.6 Å². The van der Waals surface area contributed by atoms with E-state index in [2.05, 4.69) is 20.8 Å². The number of hydrogen-bond acceptors (Lipinski definition) is 6. The third-order valence-electron chi connectivity index (χ3n) is 1.40. The van der Waals surface area contributed by atoms with Crippen molar-refractivity contribution in [2.45, 2.75) is 11.7 Å². The van der Waals surface area contributed by atoms with E-state index >= 15 is 0 Å². The van der Waals surface area contributed by atoms with Gasteiger partial charge in [0.05, 0.1) is 5.75 Å². The highest BCUT2D eigenvalue weighted by atomic mass is 32.2. The second kappa shape index (κ2) is 5.29. The molecule has 2 N–H and O–H groups in total. The average molecular weight is 231 g/mol. The predicted molar refractivity (Wildman–Crippen MR) is 50.2 cm³/mol. The average Bonchev–Trinajstić information content (AvgIpc) is 2.61. The first-order valence-corrected chi connectivity index (χ1v) is 4.93. The van der Waals surface area contributed by atoms with Gasteiger partial charge in [-0.1, -0.05) is 11.8 Å². The van der Waals surface area contributed by atoms with Crippen LogP contribution in [0.25, 0.3) is 0 Å². The van der Waals surface area contributed by atoms with E-state index in [4.69, 9.17) is 5.11 Å². The number of nitrogens with zero attached hydrogens (tertiary/aromatic N) is 4. The summed E-state index contributed by atoms with van der Waals surface area (Å²) in [7, 11) is 1.52. The SMILES string of the molecule is CNC(=O)CSc1nnnn1CC(=O)O. The van der Waals surface area contributed by atoms with Gasteiger partial charge in [-0.3, -0.25) is 9.59 Å². The molecule has 9 heteroatoms. The van der Waals surface area contributed by atoms with Crippen molar-refractivity contribution in [3.63, 3.8) is 0 Å². The van der Waals surface area contributed by atoms with Crippen LogP contribution in [0, 0.1) is 0 Å². The molecule has 0 aromatic carbocycles. The third kappa shape index (κ3) is 3.54. The van der Waals surface area contributed by atoms with Crippen LogP contribution in [0.5, 0.6) is 0 Å². The number of rotatable bonds is 5. The summed E-state index contributed by atoms with van der Waals surface area (Å²) in [4.78, 5) is 21.3. The van der Waals surface area contributed by atoms with Gasteiger partial charge in [0.25, 0.3) is 0 Å². The molecule has 0 aliphatic heterocycles. The molecular formula is C6H9N5O3S. The van der Waals surface area contributed by atoms with Crippen LogP contribution in [0.4, 0.5) is 0 Å². The minimum absolute atomic E-state index is 0.149. The van der Waals surface area contributed by atoms with Gasteiger partial charge in [0.1, 0.15) is 6.54 Å². The third-order valence-corrected chi connectivity index (χ3v) is 2.35. The first-order valence-electron chi connectivity index (χ1n) is 3.95. The maximum absolute atomic E-state index is 10.9. The molecule has 0 unspecified atom stereocenters. The lowest BCUT2D eigenvalue weighted by Gasteiger charge is -2.00. The Labute approximate surface area is 89.0 Å². The summed E-state index contributed by atoms with van der Waals surface area (Å²) in [5, 5.41) is 21.7. The van der Waals surface area contributed by atoms with E-state index < -0.39 is 5.97 Å². The highest BCUT2D eigenvalue weighted by molar-refractivity contribution is 7.99. The smallest absolute Gasteiger partial charge is 0.325 e. The van der Waals surface area contributed by atoms with Gasteiger partial charge in [0.2, 0.25) is 11.1 Å². The summed E-state index contributed by atoms with van der Waals surface area (Å²) < 4.78 is 1.12. The fourth-order valence-electron chi connectivity index (χ4n) is 0.729. The number of carboxylic acids is 1. The topological polar surface area (TPSA) is 110 Å². The molecule has 1 aromatic rings. The van der Waals surface area contributed by atoms with Gasteiger partial charge >= 0.3 is 5.97 Å². The zero-order chi connectivity index (χ0) is 11.3. The number of aromatic nitrogens is 4. The van der Waals surface area contributed by atoms with E-state index in [-0.39, 0.29) is 18.2 Å². The molecule has 0 radical (unpaired) electrons. The predicted octanol–water partition coefficient (Wildman–Crippen LogP) is -1.40. The quantitative estimate of drug-likeness (QED) is 0.599. The molecule has 1 aromatic heterocycles. The molecule has 1 amide bonds. The molecule has 82 valence electrons. The Hall–Kier alpha value is -1.64. The first-order chi connectivity index (χ1) is 7.13. The number of amides is 1. The summed E-state index contributed by atoms with van der Waals surface area (Å²) in [5.41, 5.74) is 0. The molecule has 0 saturated heterocycles. The van der Waals surface area contributed by atoms with Crippen molar-refractivity contribution in [3.8, 4) is 0 Å². The maximum atomic E-state index is 10.9. The highest BCUT2D eigenvalue weighted by Gasteiger charge is 2.11. The normalized spacial score (nSPS) is 9.93. The second-order valence-corrected chi connectivity index (χ2v) is 3.42. The second-order valence-electron chi connectivity index (χ2n) is 2.47. The molecule has 0 fully saturated rings.